The van der Waals surface area contributed by atoms with E-state index < -0.39 is 0 Å². The summed E-state index contributed by atoms with van der Waals surface area (Å²) in [5.74, 6) is -0.0301. The van der Waals surface area contributed by atoms with E-state index in [0.29, 0.717) is 17.8 Å². The van der Waals surface area contributed by atoms with Crippen LogP contribution in [0.2, 0.25) is 0 Å². The first-order valence-corrected chi connectivity index (χ1v) is 5.47. The van der Waals surface area contributed by atoms with E-state index in [1.807, 2.05) is 6.07 Å². The number of carbonyl (C=O) groups excluding carboxylic acids is 2. The zero-order chi connectivity index (χ0) is 10.8. The highest BCUT2D eigenvalue weighted by atomic mass is 32.1. The Bertz CT molecular complexity index is 399. The molecule has 0 aliphatic carbocycles. The van der Waals surface area contributed by atoms with Crippen LogP contribution in [-0.2, 0) is 9.53 Å². The van der Waals surface area contributed by atoms with E-state index in [1.165, 1.54) is 18.4 Å². The van der Waals surface area contributed by atoms with Crippen molar-refractivity contribution in [1.82, 2.24) is 5.32 Å². The third kappa shape index (κ3) is 2.02. The summed E-state index contributed by atoms with van der Waals surface area (Å²) in [7, 11) is 1.36. The van der Waals surface area contributed by atoms with Crippen LogP contribution in [0.4, 0.5) is 0 Å². The molecule has 1 fully saturated rings. The van der Waals surface area contributed by atoms with Gasteiger partial charge in [-0.25, -0.2) is 4.79 Å². The Labute approximate surface area is 91.2 Å². The van der Waals surface area contributed by atoms with Gasteiger partial charge in [0.15, 0.2) is 0 Å². The molecule has 1 aromatic heterocycles. The Morgan fingerprint density at radius 1 is 1.60 bits per heavy atom. The summed E-state index contributed by atoms with van der Waals surface area (Å²) in [4.78, 5) is 23.9. The zero-order valence-electron chi connectivity index (χ0n) is 8.28. The molecule has 4 nitrogen and oxygen atoms in total. The Morgan fingerprint density at radius 2 is 2.40 bits per heavy atom. The molecule has 1 atom stereocenters. The summed E-state index contributed by atoms with van der Waals surface area (Å²) >= 11 is 1.40. The van der Waals surface area contributed by atoms with Crippen molar-refractivity contribution in [1.29, 1.82) is 0 Å². The third-order valence-corrected chi connectivity index (χ3v) is 3.62. The summed E-state index contributed by atoms with van der Waals surface area (Å²) in [5, 5.41) is 2.77. The third-order valence-electron chi connectivity index (χ3n) is 2.39. The molecule has 0 bridgehead atoms. The van der Waals surface area contributed by atoms with E-state index in [9.17, 15) is 9.59 Å². The minimum absolute atomic E-state index is 0.0769. The molecule has 0 radical (unpaired) electrons. The lowest BCUT2D eigenvalue weighted by Gasteiger charge is -2.01. The van der Waals surface area contributed by atoms with Crippen molar-refractivity contribution in [2.45, 2.75) is 12.3 Å². The smallest absolute Gasteiger partial charge is 0.348 e. The van der Waals surface area contributed by atoms with Crippen LogP contribution in [0.5, 0.6) is 0 Å². The Morgan fingerprint density at radius 3 is 3.00 bits per heavy atom. The molecule has 80 valence electrons. The van der Waals surface area contributed by atoms with Gasteiger partial charge < -0.3 is 10.1 Å². The predicted octanol–water partition coefficient (Wildman–Crippen LogP) is 1.14. The van der Waals surface area contributed by atoms with E-state index in [-0.39, 0.29) is 17.8 Å². The van der Waals surface area contributed by atoms with Crippen LogP contribution >= 0.6 is 11.3 Å². The molecule has 15 heavy (non-hydrogen) atoms. The number of methoxy groups -OCH3 is 1. The first kappa shape index (κ1) is 10.2. The molecule has 1 aliphatic heterocycles. The maximum absolute atomic E-state index is 11.2. The van der Waals surface area contributed by atoms with Crippen LogP contribution in [0, 0.1) is 0 Å². The van der Waals surface area contributed by atoms with Gasteiger partial charge in [0.2, 0.25) is 5.91 Å². The molecule has 1 amide bonds. The van der Waals surface area contributed by atoms with Gasteiger partial charge in [-0.2, -0.15) is 0 Å². The molecule has 1 N–H and O–H groups in total. The van der Waals surface area contributed by atoms with Crippen LogP contribution < -0.4 is 5.32 Å². The van der Waals surface area contributed by atoms with Crippen LogP contribution in [0.3, 0.4) is 0 Å². The van der Waals surface area contributed by atoms with Gasteiger partial charge >= 0.3 is 5.97 Å². The number of nitrogens with one attached hydrogen (secondary N) is 1. The van der Waals surface area contributed by atoms with Crippen LogP contribution in [0.25, 0.3) is 0 Å². The molecule has 5 heteroatoms. The van der Waals surface area contributed by atoms with E-state index in [0.717, 1.165) is 4.88 Å². The van der Waals surface area contributed by atoms with Crippen molar-refractivity contribution in [2.75, 3.05) is 13.7 Å². The zero-order valence-corrected chi connectivity index (χ0v) is 9.10. The fourth-order valence-electron chi connectivity index (χ4n) is 1.59. The number of rotatable bonds is 2. The van der Waals surface area contributed by atoms with E-state index >= 15 is 0 Å². The number of esters is 1. The summed E-state index contributed by atoms with van der Waals surface area (Å²) in [6.45, 7) is 0.667. The van der Waals surface area contributed by atoms with Gasteiger partial charge in [0.05, 0.1) is 7.11 Å². The standard InChI is InChI=1S/C10H11NO3S/c1-14-10(13)8-3-2-7(15-8)6-4-9(12)11-5-6/h2-3,6H,4-5H2,1H3,(H,11,12). The first-order valence-electron chi connectivity index (χ1n) is 4.65. The van der Waals surface area contributed by atoms with Crippen molar-refractivity contribution in [2.24, 2.45) is 0 Å². The largest absolute Gasteiger partial charge is 0.465 e. The lowest BCUT2D eigenvalue weighted by atomic mass is 10.1. The summed E-state index contributed by atoms with van der Waals surface area (Å²) in [5.41, 5.74) is 0. The summed E-state index contributed by atoms with van der Waals surface area (Å²) in [6, 6.07) is 3.64. The summed E-state index contributed by atoms with van der Waals surface area (Å²) < 4.78 is 4.62. The second kappa shape index (κ2) is 4.02. The number of hydrogen-bond acceptors (Lipinski definition) is 4. The molecular weight excluding hydrogens is 214 g/mol. The molecule has 1 unspecified atom stereocenters. The number of amides is 1. The minimum atomic E-state index is -0.316. The van der Waals surface area contributed by atoms with Gasteiger partial charge in [-0.05, 0) is 12.1 Å². The number of hydrogen-bond donors (Lipinski definition) is 1. The van der Waals surface area contributed by atoms with Crippen molar-refractivity contribution < 1.29 is 14.3 Å². The second-order valence-corrected chi connectivity index (χ2v) is 4.51. The molecule has 0 saturated carbocycles. The average molecular weight is 225 g/mol. The molecule has 1 saturated heterocycles. The maximum atomic E-state index is 11.2. The SMILES string of the molecule is COC(=O)c1ccc(C2CNC(=O)C2)s1. The van der Waals surface area contributed by atoms with Gasteiger partial charge in [-0.3, -0.25) is 4.79 Å². The summed E-state index contributed by atoms with van der Waals surface area (Å²) in [6.07, 6.45) is 0.515. The number of carbonyl (C=O) groups is 2. The van der Waals surface area contributed by atoms with Gasteiger partial charge in [0, 0.05) is 23.8 Å². The highest BCUT2D eigenvalue weighted by molar-refractivity contribution is 7.14. The normalized spacial score (nSPS) is 20.1. The van der Waals surface area contributed by atoms with Gasteiger partial charge in [0.25, 0.3) is 0 Å². The fraction of sp³-hybridized carbons (Fsp3) is 0.400. The quantitative estimate of drug-likeness (QED) is 0.768. The van der Waals surface area contributed by atoms with Crippen molar-refractivity contribution in [3.63, 3.8) is 0 Å². The second-order valence-electron chi connectivity index (χ2n) is 3.40. The van der Waals surface area contributed by atoms with Gasteiger partial charge in [0.1, 0.15) is 4.88 Å². The van der Waals surface area contributed by atoms with Crippen LogP contribution in [-0.4, -0.2) is 25.5 Å². The monoisotopic (exact) mass is 225 g/mol. The van der Waals surface area contributed by atoms with Crippen molar-refractivity contribution >= 4 is 23.2 Å². The lowest BCUT2D eigenvalue weighted by Crippen LogP contribution is -2.13. The number of ether oxygens (including phenoxy) is 1. The Hall–Kier alpha value is -1.36. The van der Waals surface area contributed by atoms with E-state index in [4.69, 9.17) is 0 Å². The number of thiophene rings is 1. The molecular formula is C10H11NO3S. The molecule has 2 heterocycles. The molecule has 0 aromatic carbocycles. The van der Waals surface area contributed by atoms with Crippen molar-refractivity contribution in [3.8, 4) is 0 Å². The fourth-order valence-corrected chi connectivity index (χ4v) is 2.61. The first-order chi connectivity index (χ1) is 7.20. The Balaban J connectivity index is 2.13. The molecule has 2 rings (SSSR count). The van der Waals surface area contributed by atoms with E-state index in [1.54, 1.807) is 6.07 Å². The molecule has 1 aromatic rings. The van der Waals surface area contributed by atoms with Crippen LogP contribution in [0.1, 0.15) is 26.9 Å². The topological polar surface area (TPSA) is 55.4 Å². The lowest BCUT2D eigenvalue weighted by molar-refractivity contribution is -0.119. The average Bonchev–Trinajstić information content (AvgIpc) is 2.84. The highest BCUT2D eigenvalue weighted by Gasteiger charge is 2.25. The van der Waals surface area contributed by atoms with Gasteiger partial charge in [-0.1, -0.05) is 0 Å². The minimum Gasteiger partial charge on any atom is -0.465 e. The van der Waals surface area contributed by atoms with Gasteiger partial charge in [-0.15, -0.1) is 11.3 Å². The molecule has 1 aliphatic rings. The molecule has 0 spiro atoms. The van der Waals surface area contributed by atoms with Crippen molar-refractivity contribution in [3.05, 3.63) is 21.9 Å². The predicted molar refractivity (Wildman–Crippen MR) is 56.0 cm³/mol. The van der Waals surface area contributed by atoms with E-state index in [2.05, 4.69) is 10.1 Å². The maximum Gasteiger partial charge on any atom is 0.348 e. The van der Waals surface area contributed by atoms with Crippen LogP contribution in [0.15, 0.2) is 12.1 Å². The highest BCUT2D eigenvalue weighted by Crippen LogP contribution is 2.29. The Kier molecular flexibility index (Phi) is 2.73.